The number of fused-ring (bicyclic) bond motifs is 1. The standard InChI is InChI=1S/C16H24N2O/c1-2-18-8-7-13(10-18)9-17-16-12-19-11-14-5-3-4-6-15(14)16/h3-6,13,16-17H,2,7-12H2,1H3. The zero-order valence-corrected chi connectivity index (χ0v) is 11.8. The second-order valence-corrected chi connectivity index (χ2v) is 5.72. The van der Waals surface area contributed by atoms with Crippen LogP contribution < -0.4 is 5.32 Å². The van der Waals surface area contributed by atoms with Gasteiger partial charge in [-0.05, 0) is 43.1 Å². The van der Waals surface area contributed by atoms with Crippen molar-refractivity contribution < 1.29 is 4.74 Å². The van der Waals surface area contributed by atoms with E-state index in [2.05, 4.69) is 41.4 Å². The van der Waals surface area contributed by atoms with E-state index < -0.39 is 0 Å². The summed E-state index contributed by atoms with van der Waals surface area (Å²) in [5.74, 6) is 0.800. The third-order valence-corrected chi connectivity index (χ3v) is 4.44. The molecule has 1 fully saturated rings. The predicted octanol–water partition coefficient (Wildman–Crippen LogP) is 2.19. The van der Waals surface area contributed by atoms with Crippen LogP contribution in [0.5, 0.6) is 0 Å². The van der Waals surface area contributed by atoms with Crippen LogP contribution in [0.25, 0.3) is 0 Å². The Hall–Kier alpha value is -0.900. The Balaban J connectivity index is 1.57. The van der Waals surface area contributed by atoms with Gasteiger partial charge < -0.3 is 15.0 Å². The molecule has 19 heavy (non-hydrogen) atoms. The summed E-state index contributed by atoms with van der Waals surface area (Å²) >= 11 is 0. The van der Waals surface area contributed by atoms with Gasteiger partial charge in [-0.3, -0.25) is 0 Å². The fourth-order valence-electron chi connectivity index (χ4n) is 3.23. The molecule has 0 radical (unpaired) electrons. The highest BCUT2D eigenvalue weighted by Gasteiger charge is 2.24. The van der Waals surface area contributed by atoms with E-state index in [0.717, 1.165) is 25.7 Å². The van der Waals surface area contributed by atoms with Crippen molar-refractivity contribution in [3.8, 4) is 0 Å². The summed E-state index contributed by atoms with van der Waals surface area (Å²) < 4.78 is 5.69. The molecule has 1 aromatic carbocycles. The average molecular weight is 260 g/mol. The first-order valence-corrected chi connectivity index (χ1v) is 7.48. The topological polar surface area (TPSA) is 24.5 Å². The van der Waals surface area contributed by atoms with Crippen LogP contribution in [0.15, 0.2) is 24.3 Å². The van der Waals surface area contributed by atoms with Crippen molar-refractivity contribution in [1.82, 2.24) is 10.2 Å². The molecule has 3 rings (SSSR count). The molecule has 2 aliphatic heterocycles. The molecule has 3 nitrogen and oxygen atoms in total. The summed E-state index contributed by atoms with van der Waals surface area (Å²) in [5.41, 5.74) is 2.77. The fraction of sp³-hybridized carbons (Fsp3) is 0.625. The van der Waals surface area contributed by atoms with Gasteiger partial charge in [0.2, 0.25) is 0 Å². The number of ether oxygens (including phenoxy) is 1. The van der Waals surface area contributed by atoms with Crippen LogP contribution >= 0.6 is 0 Å². The molecule has 104 valence electrons. The number of benzene rings is 1. The second kappa shape index (κ2) is 6.04. The van der Waals surface area contributed by atoms with Gasteiger partial charge in [0.25, 0.3) is 0 Å². The maximum Gasteiger partial charge on any atom is 0.0721 e. The lowest BCUT2D eigenvalue weighted by molar-refractivity contribution is 0.0809. The molecule has 0 bridgehead atoms. The van der Waals surface area contributed by atoms with Gasteiger partial charge in [-0.2, -0.15) is 0 Å². The lowest BCUT2D eigenvalue weighted by Gasteiger charge is -2.27. The Bertz CT molecular complexity index is 421. The first-order valence-electron chi connectivity index (χ1n) is 7.48. The van der Waals surface area contributed by atoms with Crippen LogP contribution in [0.2, 0.25) is 0 Å². The van der Waals surface area contributed by atoms with E-state index in [1.54, 1.807) is 0 Å². The molecule has 0 spiro atoms. The molecule has 0 aliphatic carbocycles. The molecule has 1 N–H and O–H groups in total. The predicted molar refractivity (Wildman–Crippen MR) is 77.1 cm³/mol. The number of likely N-dealkylation sites (tertiary alicyclic amines) is 1. The highest BCUT2D eigenvalue weighted by Crippen LogP contribution is 2.25. The molecule has 0 saturated carbocycles. The zero-order chi connectivity index (χ0) is 13.1. The van der Waals surface area contributed by atoms with E-state index in [9.17, 15) is 0 Å². The molecular weight excluding hydrogens is 236 g/mol. The van der Waals surface area contributed by atoms with E-state index in [4.69, 9.17) is 4.74 Å². The Morgan fingerprint density at radius 1 is 1.37 bits per heavy atom. The molecule has 0 aromatic heterocycles. The van der Waals surface area contributed by atoms with E-state index in [1.807, 2.05) is 0 Å². The SMILES string of the molecule is CCN1CCC(CNC2COCc3ccccc32)C1. The smallest absolute Gasteiger partial charge is 0.0721 e. The second-order valence-electron chi connectivity index (χ2n) is 5.72. The minimum atomic E-state index is 0.376. The first kappa shape index (κ1) is 13.1. The lowest BCUT2D eigenvalue weighted by Crippen LogP contribution is -2.34. The Morgan fingerprint density at radius 2 is 2.26 bits per heavy atom. The number of nitrogens with zero attached hydrogens (tertiary/aromatic N) is 1. The van der Waals surface area contributed by atoms with Crippen molar-refractivity contribution in [2.45, 2.75) is 26.0 Å². The summed E-state index contributed by atoms with van der Waals surface area (Å²) in [4.78, 5) is 2.54. The van der Waals surface area contributed by atoms with Gasteiger partial charge in [0.15, 0.2) is 0 Å². The molecule has 0 amide bonds. The summed E-state index contributed by atoms with van der Waals surface area (Å²) in [6.07, 6.45) is 1.33. The number of rotatable bonds is 4. The van der Waals surface area contributed by atoms with E-state index in [0.29, 0.717) is 6.04 Å². The van der Waals surface area contributed by atoms with Crippen LogP contribution in [0.1, 0.15) is 30.5 Å². The van der Waals surface area contributed by atoms with Crippen LogP contribution in [0.3, 0.4) is 0 Å². The molecule has 2 aliphatic rings. The van der Waals surface area contributed by atoms with Crippen molar-refractivity contribution in [2.24, 2.45) is 5.92 Å². The quantitative estimate of drug-likeness (QED) is 0.898. The number of hydrogen-bond acceptors (Lipinski definition) is 3. The van der Waals surface area contributed by atoms with Gasteiger partial charge in [-0.1, -0.05) is 31.2 Å². The highest BCUT2D eigenvalue weighted by molar-refractivity contribution is 5.31. The van der Waals surface area contributed by atoms with Crippen molar-refractivity contribution in [1.29, 1.82) is 0 Å². The largest absolute Gasteiger partial charge is 0.375 e. The molecular formula is C16H24N2O. The average Bonchev–Trinajstić information content (AvgIpc) is 2.93. The fourth-order valence-corrected chi connectivity index (χ4v) is 3.23. The van der Waals surface area contributed by atoms with Crippen LogP contribution in [-0.2, 0) is 11.3 Å². The van der Waals surface area contributed by atoms with Gasteiger partial charge in [0, 0.05) is 6.54 Å². The summed E-state index contributed by atoms with van der Waals surface area (Å²) in [6, 6.07) is 9.02. The van der Waals surface area contributed by atoms with Gasteiger partial charge in [0.05, 0.1) is 19.3 Å². The molecule has 2 unspecified atom stereocenters. The summed E-state index contributed by atoms with van der Waals surface area (Å²) in [5, 5.41) is 3.71. The van der Waals surface area contributed by atoms with Crippen LogP contribution in [0.4, 0.5) is 0 Å². The molecule has 1 aromatic rings. The third-order valence-electron chi connectivity index (χ3n) is 4.44. The summed E-state index contributed by atoms with van der Waals surface area (Å²) in [6.45, 7) is 8.63. The van der Waals surface area contributed by atoms with Crippen molar-refractivity contribution >= 4 is 0 Å². The Kier molecular flexibility index (Phi) is 4.16. The normalized spacial score (nSPS) is 27.4. The Labute approximate surface area is 115 Å². The van der Waals surface area contributed by atoms with E-state index in [-0.39, 0.29) is 0 Å². The summed E-state index contributed by atoms with van der Waals surface area (Å²) in [7, 11) is 0. The first-order chi connectivity index (χ1) is 9.36. The van der Waals surface area contributed by atoms with Gasteiger partial charge in [-0.25, -0.2) is 0 Å². The maximum atomic E-state index is 5.69. The van der Waals surface area contributed by atoms with Gasteiger partial charge in [0.1, 0.15) is 0 Å². The van der Waals surface area contributed by atoms with Crippen molar-refractivity contribution in [3.63, 3.8) is 0 Å². The number of hydrogen-bond donors (Lipinski definition) is 1. The van der Waals surface area contributed by atoms with Crippen molar-refractivity contribution in [2.75, 3.05) is 32.8 Å². The third kappa shape index (κ3) is 2.99. The van der Waals surface area contributed by atoms with Gasteiger partial charge >= 0.3 is 0 Å². The van der Waals surface area contributed by atoms with E-state index >= 15 is 0 Å². The minimum absolute atomic E-state index is 0.376. The molecule has 2 atom stereocenters. The molecule has 3 heteroatoms. The molecule has 1 saturated heterocycles. The maximum absolute atomic E-state index is 5.69. The molecule has 2 heterocycles. The van der Waals surface area contributed by atoms with Gasteiger partial charge in [-0.15, -0.1) is 0 Å². The monoisotopic (exact) mass is 260 g/mol. The van der Waals surface area contributed by atoms with Crippen LogP contribution in [0, 0.1) is 5.92 Å². The van der Waals surface area contributed by atoms with Crippen LogP contribution in [-0.4, -0.2) is 37.7 Å². The van der Waals surface area contributed by atoms with Crippen molar-refractivity contribution in [3.05, 3.63) is 35.4 Å². The number of nitrogens with one attached hydrogen (secondary N) is 1. The lowest BCUT2D eigenvalue weighted by atomic mass is 9.98. The zero-order valence-electron chi connectivity index (χ0n) is 11.8. The Morgan fingerprint density at radius 3 is 3.11 bits per heavy atom. The van der Waals surface area contributed by atoms with E-state index in [1.165, 1.54) is 37.2 Å². The highest BCUT2D eigenvalue weighted by atomic mass is 16.5. The minimum Gasteiger partial charge on any atom is -0.375 e.